The number of nitrogens with one attached hydrogen (secondary N) is 2. The molecule has 0 aromatic heterocycles. The summed E-state index contributed by atoms with van der Waals surface area (Å²) >= 11 is 0. The summed E-state index contributed by atoms with van der Waals surface area (Å²) in [6.07, 6.45) is 7.80. The van der Waals surface area contributed by atoms with Crippen molar-refractivity contribution in [3.8, 4) is 0 Å². The molecule has 0 amide bonds. The van der Waals surface area contributed by atoms with Gasteiger partial charge in [-0.15, -0.1) is 0 Å². The summed E-state index contributed by atoms with van der Waals surface area (Å²) in [4.78, 5) is 4.59. The van der Waals surface area contributed by atoms with Gasteiger partial charge in [0, 0.05) is 19.5 Å². The standard InChI is InChI=1S/C12H23N3/c1-2-6-12(14-8-3-1)15-10-11-5-4-7-13-9-11/h11,13H,1-10H2,(H,14,15). The van der Waals surface area contributed by atoms with Crippen molar-refractivity contribution in [1.29, 1.82) is 0 Å². The van der Waals surface area contributed by atoms with E-state index in [1.165, 1.54) is 57.5 Å². The fourth-order valence-electron chi connectivity index (χ4n) is 2.38. The minimum Gasteiger partial charge on any atom is -0.374 e. The zero-order valence-corrected chi connectivity index (χ0v) is 9.60. The second-order valence-corrected chi connectivity index (χ2v) is 4.73. The Labute approximate surface area is 92.7 Å². The van der Waals surface area contributed by atoms with Gasteiger partial charge in [-0.05, 0) is 44.7 Å². The SMILES string of the molecule is C1CCN=C(NCC2CCCNC2)CC1. The number of aliphatic imine (C=N–C) groups is 1. The van der Waals surface area contributed by atoms with E-state index in [0.29, 0.717) is 0 Å². The Bertz CT molecular complexity index is 207. The van der Waals surface area contributed by atoms with Crippen molar-refractivity contribution >= 4 is 5.84 Å². The van der Waals surface area contributed by atoms with Crippen molar-refractivity contribution in [2.24, 2.45) is 10.9 Å². The zero-order chi connectivity index (χ0) is 10.3. The number of hydrogen-bond donors (Lipinski definition) is 2. The quantitative estimate of drug-likeness (QED) is 0.724. The van der Waals surface area contributed by atoms with Crippen LogP contribution in [0.1, 0.15) is 38.5 Å². The highest BCUT2D eigenvalue weighted by atomic mass is 15.0. The molecular weight excluding hydrogens is 186 g/mol. The molecule has 1 saturated heterocycles. The molecule has 15 heavy (non-hydrogen) atoms. The minimum absolute atomic E-state index is 0.810. The molecule has 1 atom stereocenters. The van der Waals surface area contributed by atoms with Gasteiger partial charge in [-0.3, -0.25) is 4.99 Å². The average molecular weight is 209 g/mol. The van der Waals surface area contributed by atoms with Crippen molar-refractivity contribution in [1.82, 2.24) is 10.6 Å². The summed E-state index contributed by atoms with van der Waals surface area (Å²) in [5.74, 6) is 2.07. The van der Waals surface area contributed by atoms with E-state index in [1.807, 2.05) is 0 Å². The molecule has 3 heteroatoms. The third-order valence-corrected chi connectivity index (χ3v) is 3.37. The Morgan fingerprint density at radius 1 is 1.27 bits per heavy atom. The first kappa shape index (κ1) is 10.9. The van der Waals surface area contributed by atoms with E-state index in [-0.39, 0.29) is 0 Å². The number of piperidine rings is 1. The van der Waals surface area contributed by atoms with Crippen LogP contribution >= 0.6 is 0 Å². The number of nitrogens with zero attached hydrogens (tertiary/aromatic N) is 1. The number of rotatable bonds is 2. The van der Waals surface area contributed by atoms with Crippen LogP contribution in [-0.4, -0.2) is 32.0 Å². The molecule has 2 aliphatic heterocycles. The van der Waals surface area contributed by atoms with Crippen LogP contribution in [0, 0.1) is 5.92 Å². The van der Waals surface area contributed by atoms with Crippen molar-refractivity contribution in [2.45, 2.75) is 38.5 Å². The fourth-order valence-corrected chi connectivity index (χ4v) is 2.38. The number of hydrogen-bond acceptors (Lipinski definition) is 3. The maximum absolute atomic E-state index is 4.59. The first-order chi connectivity index (χ1) is 7.45. The van der Waals surface area contributed by atoms with Crippen LogP contribution in [0.5, 0.6) is 0 Å². The Morgan fingerprint density at radius 3 is 3.13 bits per heavy atom. The van der Waals surface area contributed by atoms with Crippen molar-refractivity contribution in [3.63, 3.8) is 0 Å². The van der Waals surface area contributed by atoms with E-state index in [2.05, 4.69) is 15.6 Å². The predicted molar refractivity (Wildman–Crippen MR) is 64.4 cm³/mol. The van der Waals surface area contributed by atoms with Crippen LogP contribution in [0.2, 0.25) is 0 Å². The van der Waals surface area contributed by atoms with Crippen molar-refractivity contribution in [3.05, 3.63) is 0 Å². The van der Waals surface area contributed by atoms with E-state index in [9.17, 15) is 0 Å². The Kier molecular flexibility index (Phi) is 4.45. The van der Waals surface area contributed by atoms with Gasteiger partial charge in [0.05, 0.1) is 5.84 Å². The van der Waals surface area contributed by atoms with Crippen LogP contribution in [-0.2, 0) is 0 Å². The molecule has 0 bridgehead atoms. The van der Waals surface area contributed by atoms with E-state index in [4.69, 9.17) is 0 Å². The molecule has 2 aliphatic rings. The lowest BCUT2D eigenvalue weighted by molar-refractivity contribution is 0.375. The van der Waals surface area contributed by atoms with E-state index >= 15 is 0 Å². The molecule has 2 heterocycles. The van der Waals surface area contributed by atoms with Crippen LogP contribution in [0.25, 0.3) is 0 Å². The highest BCUT2D eigenvalue weighted by Gasteiger charge is 2.13. The van der Waals surface area contributed by atoms with E-state index < -0.39 is 0 Å². The third-order valence-electron chi connectivity index (χ3n) is 3.37. The molecule has 2 rings (SSSR count). The fraction of sp³-hybridized carbons (Fsp3) is 0.917. The van der Waals surface area contributed by atoms with E-state index in [1.54, 1.807) is 0 Å². The third kappa shape index (κ3) is 3.82. The molecule has 0 aromatic rings. The average Bonchev–Trinajstić information content (AvgIpc) is 2.56. The first-order valence-corrected chi connectivity index (χ1v) is 6.43. The summed E-state index contributed by atoms with van der Waals surface area (Å²) < 4.78 is 0. The van der Waals surface area contributed by atoms with Gasteiger partial charge >= 0.3 is 0 Å². The highest BCUT2D eigenvalue weighted by molar-refractivity contribution is 5.82. The summed E-state index contributed by atoms with van der Waals surface area (Å²) in [7, 11) is 0. The Hall–Kier alpha value is -0.570. The van der Waals surface area contributed by atoms with Gasteiger partial charge in [-0.1, -0.05) is 6.42 Å². The maximum Gasteiger partial charge on any atom is 0.0963 e. The summed E-state index contributed by atoms with van der Waals surface area (Å²) in [5, 5.41) is 7.00. The minimum atomic E-state index is 0.810. The molecule has 0 spiro atoms. The lowest BCUT2D eigenvalue weighted by Gasteiger charge is -2.23. The van der Waals surface area contributed by atoms with Gasteiger partial charge in [0.15, 0.2) is 0 Å². The van der Waals surface area contributed by atoms with Crippen LogP contribution < -0.4 is 10.6 Å². The molecule has 86 valence electrons. The van der Waals surface area contributed by atoms with Gasteiger partial charge < -0.3 is 10.6 Å². The van der Waals surface area contributed by atoms with Gasteiger partial charge in [0.2, 0.25) is 0 Å². The lowest BCUT2D eigenvalue weighted by Crippen LogP contribution is -2.38. The highest BCUT2D eigenvalue weighted by Crippen LogP contribution is 2.10. The molecule has 0 saturated carbocycles. The molecule has 0 radical (unpaired) electrons. The molecule has 1 unspecified atom stereocenters. The largest absolute Gasteiger partial charge is 0.374 e. The second kappa shape index (κ2) is 6.11. The molecule has 0 aliphatic carbocycles. The summed E-state index contributed by atoms with van der Waals surface area (Å²) in [6.45, 7) is 4.54. The smallest absolute Gasteiger partial charge is 0.0963 e. The van der Waals surface area contributed by atoms with Crippen molar-refractivity contribution in [2.75, 3.05) is 26.2 Å². The topological polar surface area (TPSA) is 36.4 Å². The van der Waals surface area contributed by atoms with Gasteiger partial charge in [-0.25, -0.2) is 0 Å². The van der Waals surface area contributed by atoms with Crippen LogP contribution in [0.3, 0.4) is 0 Å². The lowest BCUT2D eigenvalue weighted by atomic mass is 10.00. The van der Waals surface area contributed by atoms with E-state index in [0.717, 1.165) is 19.0 Å². The normalized spacial score (nSPS) is 28.0. The summed E-state index contributed by atoms with van der Waals surface area (Å²) in [5.41, 5.74) is 0. The second-order valence-electron chi connectivity index (χ2n) is 4.73. The molecule has 2 N–H and O–H groups in total. The predicted octanol–water partition coefficient (Wildman–Crippen LogP) is 1.55. The first-order valence-electron chi connectivity index (χ1n) is 6.43. The van der Waals surface area contributed by atoms with Crippen LogP contribution in [0.4, 0.5) is 0 Å². The molecular formula is C12H23N3. The van der Waals surface area contributed by atoms with Gasteiger partial charge in [-0.2, -0.15) is 0 Å². The molecule has 1 fully saturated rings. The molecule has 3 nitrogen and oxygen atoms in total. The monoisotopic (exact) mass is 209 g/mol. The van der Waals surface area contributed by atoms with Crippen molar-refractivity contribution < 1.29 is 0 Å². The Balaban J connectivity index is 1.69. The van der Waals surface area contributed by atoms with Gasteiger partial charge in [0.1, 0.15) is 0 Å². The van der Waals surface area contributed by atoms with Crippen LogP contribution in [0.15, 0.2) is 4.99 Å². The zero-order valence-electron chi connectivity index (χ0n) is 9.60. The Morgan fingerprint density at radius 2 is 2.27 bits per heavy atom. The van der Waals surface area contributed by atoms with Gasteiger partial charge in [0.25, 0.3) is 0 Å². The molecule has 0 aromatic carbocycles. The summed E-state index contributed by atoms with van der Waals surface area (Å²) in [6, 6.07) is 0. The number of amidine groups is 1. The maximum atomic E-state index is 4.59.